The van der Waals surface area contributed by atoms with Gasteiger partial charge in [0.25, 0.3) is 5.91 Å². The molecule has 1 atom stereocenters. The van der Waals surface area contributed by atoms with Crippen molar-refractivity contribution in [3.8, 4) is 0 Å². The Morgan fingerprint density at radius 1 is 0.800 bits per heavy atom. The van der Waals surface area contributed by atoms with Crippen LogP contribution < -0.4 is 9.80 Å². The highest BCUT2D eigenvalue weighted by Gasteiger charge is 2.37. The molecule has 0 saturated carbocycles. The van der Waals surface area contributed by atoms with E-state index >= 15 is 0 Å². The Bertz CT molecular complexity index is 1190. The molecule has 3 aliphatic rings. The monoisotopic (exact) mass is 397 g/mol. The van der Waals surface area contributed by atoms with Gasteiger partial charge in [0.2, 0.25) is 0 Å². The van der Waals surface area contributed by atoms with Gasteiger partial charge in [-0.2, -0.15) is 0 Å². The van der Waals surface area contributed by atoms with Gasteiger partial charge in [-0.3, -0.25) is 4.79 Å². The van der Waals surface area contributed by atoms with Gasteiger partial charge in [-0.05, 0) is 48.2 Å². The van der Waals surface area contributed by atoms with Crippen LogP contribution in [0.15, 0.2) is 60.7 Å². The molecule has 1 amide bonds. The van der Waals surface area contributed by atoms with Crippen LogP contribution >= 0.6 is 0 Å². The van der Waals surface area contributed by atoms with Crippen molar-refractivity contribution in [2.75, 3.05) is 29.9 Å². The first-order chi connectivity index (χ1) is 14.6. The molecule has 0 fully saturated rings. The number of benzene rings is 3. The van der Waals surface area contributed by atoms with Crippen molar-refractivity contribution >= 4 is 28.7 Å². The van der Waals surface area contributed by atoms with Crippen LogP contribution in [0.5, 0.6) is 0 Å². The summed E-state index contributed by atoms with van der Waals surface area (Å²) in [5, 5.41) is 10.7. The summed E-state index contributed by atoms with van der Waals surface area (Å²) in [6, 6.07) is 21.0. The number of nitrogens with zero attached hydrogens (tertiary/aromatic N) is 3. The van der Waals surface area contributed by atoms with Crippen LogP contribution in [-0.2, 0) is 12.8 Å². The molecule has 5 heteroatoms. The third-order valence-electron chi connectivity index (χ3n) is 6.70. The van der Waals surface area contributed by atoms with Crippen molar-refractivity contribution in [2.24, 2.45) is 0 Å². The van der Waals surface area contributed by atoms with Crippen LogP contribution in [-0.4, -0.2) is 36.1 Å². The van der Waals surface area contributed by atoms with E-state index in [0.717, 1.165) is 37.3 Å². The Morgan fingerprint density at radius 2 is 1.33 bits per heavy atom. The van der Waals surface area contributed by atoms with Crippen LogP contribution in [0.25, 0.3) is 0 Å². The van der Waals surface area contributed by atoms with E-state index in [0.29, 0.717) is 11.1 Å². The lowest BCUT2D eigenvalue weighted by Gasteiger charge is -2.29. The molecule has 0 aliphatic carbocycles. The minimum atomic E-state index is -0.899. The third kappa shape index (κ3) is 2.36. The molecule has 0 radical (unpaired) electrons. The molecule has 1 unspecified atom stereocenters. The van der Waals surface area contributed by atoms with Gasteiger partial charge >= 0.3 is 0 Å². The Kier molecular flexibility index (Phi) is 3.71. The van der Waals surface area contributed by atoms with Gasteiger partial charge in [-0.15, -0.1) is 0 Å². The number of aliphatic hydroxyl groups excluding tert-OH is 1. The molecule has 6 rings (SSSR count). The average molecular weight is 397 g/mol. The Morgan fingerprint density at radius 3 is 1.93 bits per heavy atom. The molecule has 0 spiro atoms. The molecule has 0 saturated heterocycles. The third-order valence-corrected chi connectivity index (χ3v) is 6.70. The van der Waals surface area contributed by atoms with Gasteiger partial charge in [-0.1, -0.05) is 36.4 Å². The highest BCUT2D eigenvalue weighted by Crippen LogP contribution is 2.47. The molecular weight excluding hydrogens is 374 g/mol. The molecule has 3 aliphatic heterocycles. The van der Waals surface area contributed by atoms with Crippen molar-refractivity contribution in [1.82, 2.24) is 4.90 Å². The lowest BCUT2D eigenvalue weighted by molar-refractivity contribution is 0.0302. The van der Waals surface area contributed by atoms with Crippen LogP contribution in [0.4, 0.5) is 22.7 Å². The van der Waals surface area contributed by atoms with Crippen molar-refractivity contribution in [3.05, 3.63) is 82.9 Å². The molecule has 3 aromatic carbocycles. The number of carbonyl (C=O) groups is 1. The predicted octanol–water partition coefficient (Wildman–Crippen LogP) is 4.15. The molecule has 1 N–H and O–H groups in total. The van der Waals surface area contributed by atoms with Crippen LogP contribution in [0.3, 0.4) is 0 Å². The van der Waals surface area contributed by atoms with Crippen molar-refractivity contribution in [3.63, 3.8) is 0 Å². The highest BCUT2D eigenvalue weighted by atomic mass is 16.3. The highest BCUT2D eigenvalue weighted by molar-refractivity contribution is 6.02. The number of amides is 1. The lowest BCUT2D eigenvalue weighted by atomic mass is 10.0. The second-order valence-corrected chi connectivity index (χ2v) is 8.28. The predicted molar refractivity (Wildman–Crippen MR) is 118 cm³/mol. The summed E-state index contributed by atoms with van der Waals surface area (Å²) in [7, 11) is 1.66. The van der Waals surface area contributed by atoms with Gasteiger partial charge in [0.1, 0.15) is 0 Å². The first-order valence-electron chi connectivity index (χ1n) is 10.5. The largest absolute Gasteiger partial charge is 0.369 e. The number of anilines is 4. The van der Waals surface area contributed by atoms with E-state index in [4.69, 9.17) is 0 Å². The summed E-state index contributed by atoms with van der Waals surface area (Å²) in [4.78, 5) is 18.9. The number of carbonyl (C=O) groups excluding carboxylic acids is 1. The van der Waals surface area contributed by atoms with Crippen LogP contribution in [0, 0.1) is 0 Å². The fourth-order valence-electron chi connectivity index (χ4n) is 5.11. The minimum Gasteiger partial charge on any atom is -0.369 e. The fourth-order valence-corrected chi connectivity index (χ4v) is 5.11. The summed E-state index contributed by atoms with van der Waals surface area (Å²) < 4.78 is 0. The van der Waals surface area contributed by atoms with E-state index in [2.05, 4.69) is 58.3 Å². The zero-order valence-corrected chi connectivity index (χ0v) is 16.9. The Hall–Kier alpha value is -3.31. The molecule has 0 aromatic heterocycles. The SMILES string of the molecule is CN1C(=O)c2cc(N3CCc4ccccc43)c(N3CCc4ccccc43)cc2C1O. The Balaban J connectivity index is 1.57. The number of hydrogen-bond acceptors (Lipinski definition) is 4. The Labute approximate surface area is 175 Å². The summed E-state index contributed by atoms with van der Waals surface area (Å²) in [6.45, 7) is 1.77. The van der Waals surface area contributed by atoms with E-state index in [9.17, 15) is 9.90 Å². The molecule has 3 heterocycles. The average Bonchev–Trinajstić information content (AvgIpc) is 3.45. The second-order valence-electron chi connectivity index (χ2n) is 8.28. The van der Waals surface area contributed by atoms with Crippen molar-refractivity contribution in [1.29, 1.82) is 0 Å². The number of fused-ring (bicyclic) bond motifs is 3. The maximum Gasteiger partial charge on any atom is 0.256 e. The van der Waals surface area contributed by atoms with E-state index in [1.807, 2.05) is 12.1 Å². The number of para-hydroxylation sites is 2. The zero-order chi connectivity index (χ0) is 20.4. The number of rotatable bonds is 2. The quantitative estimate of drug-likeness (QED) is 0.706. The zero-order valence-electron chi connectivity index (χ0n) is 16.9. The molecular formula is C25H23N3O2. The maximum absolute atomic E-state index is 12.8. The van der Waals surface area contributed by atoms with E-state index in [1.54, 1.807) is 7.05 Å². The maximum atomic E-state index is 12.8. The van der Waals surface area contributed by atoms with Gasteiger partial charge in [-0.25, -0.2) is 0 Å². The van der Waals surface area contributed by atoms with E-state index in [-0.39, 0.29) is 5.91 Å². The standard InChI is InChI=1S/C25H23N3O2/c1-26-24(29)18-14-22(27-12-10-16-6-2-4-8-20(16)27)23(15-19(18)25(26)30)28-13-11-17-7-3-5-9-21(17)28/h2-9,14-15,24,29H,10-13H2,1H3. The van der Waals surface area contributed by atoms with Gasteiger partial charge in [0, 0.05) is 42.6 Å². The molecule has 150 valence electrons. The summed E-state index contributed by atoms with van der Waals surface area (Å²) >= 11 is 0. The molecule has 3 aromatic rings. The van der Waals surface area contributed by atoms with E-state index in [1.165, 1.54) is 27.4 Å². The van der Waals surface area contributed by atoms with Gasteiger partial charge in [0.05, 0.1) is 11.4 Å². The lowest BCUT2D eigenvalue weighted by Crippen LogP contribution is -2.22. The number of aliphatic hydroxyl groups is 1. The van der Waals surface area contributed by atoms with Gasteiger partial charge in [0.15, 0.2) is 6.23 Å². The van der Waals surface area contributed by atoms with Crippen molar-refractivity contribution < 1.29 is 9.90 Å². The summed E-state index contributed by atoms with van der Waals surface area (Å²) in [5.41, 5.74) is 8.44. The number of hydrogen-bond donors (Lipinski definition) is 1. The van der Waals surface area contributed by atoms with Crippen LogP contribution in [0.1, 0.15) is 33.3 Å². The fraction of sp³-hybridized carbons (Fsp3) is 0.240. The van der Waals surface area contributed by atoms with Crippen LogP contribution in [0.2, 0.25) is 0 Å². The van der Waals surface area contributed by atoms with Gasteiger partial charge < -0.3 is 19.8 Å². The summed E-state index contributed by atoms with van der Waals surface area (Å²) in [6.07, 6.45) is 1.08. The molecule has 5 nitrogen and oxygen atoms in total. The van der Waals surface area contributed by atoms with E-state index < -0.39 is 6.23 Å². The topological polar surface area (TPSA) is 47.0 Å². The normalized spacial score (nSPS) is 19.3. The first-order valence-corrected chi connectivity index (χ1v) is 10.5. The minimum absolute atomic E-state index is 0.125. The summed E-state index contributed by atoms with van der Waals surface area (Å²) in [5.74, 6) is -0.125. The molecule has 0 bridgehead atoms. The molecule has 30 heavy (non-hydrogen) atoms. The smallest absolute Gasteiger partial charge is 0.256 e. The van der Waals surface area contributed by atoms with Crippen molar-refractivity contribution in [2.45, 2.75) is 19.1 Å². The first kappa shape index (κ1) is 17.5. The second kappa shape index (κ2) is 6.34.